The van der Waals surface area contributed by atoms with E-state index in [1.807, 2.05) is 12.1 Å². The molecular weight excluding hydrogens is 442 g/mol. The molecule has 30 heavy (non-hydrogen) atoms. The Labute approximate surface area is 186 Å². The second-order valence-corrected chi connectivity index (χ2v) is 9.28. The number of carbonyl (C=O) groups is 2. The highest BCUT2D eigenvalue weighted by Crippen LogP contribution is 2.38. The number of nitrogens with one attached hydrogen (secondary N) is 1. The number of nitrogens with zero attached hydrogens (tertiary/aromatic N) is 2. The fraction of sp³-hybridized carbons (Fsp3) is 0.238. The number of nitriles is 1. The van der Waals surface area contributed by atoms with Gasteiger partial charge in [-0.2, -0.15) is 5.26 Å². The quantitative estimate of drug-likeness (QED) is 0.545. The number of fused-ring (bicyclic) bond motifs is 1. The topological polar surface area (TPSA) is 92.1 Å². The van der Waals surface area contributed by atoms with E-state index >= 15 is 0 Å². The molecule has 0 saturated heterocycles. The predicted molar refractivity (Wildman–Crippen MR) is 117 cm³/mol. The maximum atomic E-state index is 12.5. The first kappa shape index (κ1) is 20.5. The smallest absolute Gasteiger partial charge is 0.350 e. The van der Waals surface area contributed by atoms with Crippen LogP contribution in [0.2, 0.25) is 5.02 Å². The van der Waals surface area contributed by atoms with Crippen LogP contribution in [0.4, 0.5) is 5.00 Å². The zero-order valence-electron chi connectivity index (χ0n) is 16.0. The predicted octanol–water partition coefficient (Wildman–Crippen LogP) is 4.99. The number of anilines is 1. The van der Waals surface area contributed by atoms with Gasteiger partial charge in [-0.15, -0.1) is 22.7 Å². The summed E-state index contributed by atoms with van der Waals surface area (Å²) >= 11 is 8.54. The number of hydrogen-bond donors (Lipinski definition) is 1. The van der Waals surface area contributed by atoms with Crippen LogP contribution in [0.25, 0.3) is 10.6 Å². The number of aryl methyl sites for hydroxylation is 2. The van der Waals surface area contributed by atoms with E-state index in [0.717, 1.165) is 35.3 Å². The van der Waals surface area contributed by atoms with Crippen molar-refractivity contribution in [1.29, 1.82) is 5.26 Å². The third-order valence-electron chi connectivity index (χ3n) is 4.69. The maximum absolute atomic E-state index is 12.5. The van der Waals surface area contributed by atoms with Crippen molar-refractivity contribution in [2.45, 2.75) is 26.2 Å². The molecule has 2 heterocycles. The van der Waals surface area contributed by atoms with E-state index in [1.54, 1.807) is 19.1 Å². The van der Waals surface area contributed by atoms with E-state index in [9.17, 15) is 14.9 Å². The van der Waals surface area contributed by atoms with Gasteiger partial charge in [0.15, 0.2) is 6.61 Å². The van der Waals surface area contributed by atoms with Crippen LogP contribution in [0.5, 0.6) is 0 Å². The van der Waals surface area contributed by atoms with E-state index in [-0.39, 0.29) is 0 Å². The summed E-state index contributed by atoms with van der Waals surface area (Å²) in [4.78, 5) is 30.6. The molecule has 0 atom stereocenters. The van der Waals surface area contributed by atoms with Crippen molar-refractivity contribution in [3.05, 3.63) is 55.9 Å². The average Bonchev–Trinajstić information content (AvgIpc) is 3.41. The monoisotopic (exact) mass is 457 g/mol. The summed E-state index contributed by atoms with van der Waals surface area (Å²) in [6.07, 6.45) is 2.83. The van der Waals surface area contributed by atoms with Crippen LogP contribution in [0.15, 0.2) is 24.3 Å². The Morgan fingerprint density at radius 3 is 2.77 bits per heavy atom. The minimum Gasteiger partial charge on any atom is -0.451 e. The SMILES string of the molecule is Cc1nc(-c2ccc(Cl)cc2)sc1C(=O)OCC(=O)Nc1sc2c(c1C#N)CCC2. The van der Waals surface area contributed by atoms with Crippen molar-refractivity contribution < 1.29 is 14.3 Å². The second-order valence-electron chi connectivity index (χ2n) is 6.74. The number of hydrogen-bond acceptors (Lipinski definition) is 7. The molecule has 1 aliphatic carbocycles. The van der Waals surface area contributed by atoms with Crippen LogP contribution >= 0.6 is 34.3 Å². The van der Waals surface area contributed by atoms with Crippen molar-refractivity contribution in [3.8, 4) is 16.6 Å². The molecular formula is C21H16ClN3O3S2. The normalized spacial score (nSPS) is 12.3. The van der Waals surface area contributed by atoms with Crippen molar-refractivity contribution >= 4 is 51.2 Å². The summed E-state index contributed by atoms with van der Waals surface area (Å²) in [5.41, 5.74) is 2.94. The number of amides is 1. The molecule has 2 aromatic heterocycles. The van der Waals surface area contributed by atoms with Gasteiger partial charge >= 0.3 is 5.97 Å². The molecule has 1 N–H and O–H groups in total. The van der Waals surface area contributed by atoms with Crippen LogP contribution < -0.4 is 5.32 Å². The molecule has 0 spiro atoms. The van der Waals surface area contributed by atoms with E-state index in [2.05, 4.69) is 16.4 Å². The Hall–Kier alpha value is -2.73. The Bertz CT molecular complexity index is 1180. The van der Waals surface area contributed by atoms with E-state index < -0.39 is 18.5 Å². The van der Waals surface area contributed by atoms with Gasteiger partial charge in [-0.25, -0.2) is 9.78 Å². The van der Waals surface area contributed by atoms with Gasteiger partial charge in [0, 0.05) is 15.5 Å². The number of carbonyl (C=O) groups excluding carboxylic acids is 2. The molecule has 0 radical (unpaired) electrons. The second kappa shape index (κ2) is 8.56. The summed E-state index contributed by atoms with van der Waals surface area (Å²) < 4.78 is 5.18. The molecule has 4 rings (SSSR count). The first-order chi connectivity index (χ1) is 14.5. The number of thiophene rings is 1. The van der Waals surface area contributed by atoms with Crippen molar-refractivity contribution in [2.24, 2.45) is 0 Å². The molecule has 0 fully saturated rings. The zero-order valence-corrected chi connectivity index (χ0v) is 18.3. The third-order valence-corrected chi connectivity index (χ3v) is 7.34. The van der Waals surface area contributed by atoms with Crippen molar-refractivity contribution in [1.82, 2.24) is 4.98 Å². The summed E-state index contributed by atoms with van der Waals surface area (Å²) in [5, 5.41) is 13.9. The van der Waals surface area contributed by atoms with E-state index in [1.165, 1.54) is 22.7 Å². The van der Waals surface area contributed by atoms with Crippen molar-refractivity contribution in [3.63, 3.8) is 0 Å². The lowest BCUT2D eigenvalue weighted by Gasteiger charge is -2.05. The lowest BCUT2D eigenvalue weighted by molar-refractivity contribution is -0.119. The van der Waals surface area contributed by atoms with Crippen LogP contribution in [0, 0.1) is 18.3 Å². The summed E-state index contributed by atoms with van der Waals surface area (Å²) in [6.45, 7) is 1.29. The van der Waals surface area contributed by atoms with Crippen LogP contribution in [0.3, 0.4) is 0 Å². The van der Waals surface area contributed by atoms with Crippen LogP contribution in [-0.4, -0.2) is 23.5 Å². The van der Waals surface area contributed by atoms with Crippen LogP contribution in [0.1, 0.15) is 37.8 Å². The number of thiazole rings is 1. The largest absolute Gasteiger partial charge is 0.451 e. The lowest BCUT2D eigenvalue weighted by Crippen LogP contribution is -2.20. The number of rotatable bonds is 5. The van der Waals surface area contributed by atoms with Gasteiger partial charge in [-0.3, -0.25) is 4.79 Å². The summed E-state index contributed by atoms with van der Waals surface area (Å²) in [5.74, 6) is -1.07. The summed E-state index contributed by atoms with van der Waals surface area (Å²) in [7, 11) is 0. The molecule has 6 nitrogen and oxygen atoms in total. The highest BCUT2D eigenvalue weighted by molar-refractivity contribution is 7.17. The minimum absolute atomic E-state index is 0.348. The molecule has 152 valence electrons. The van der Waals surface area contributed by atoms with Gasteiger partial charge in [0.2, 0.25) is 0 Å². The minimum atomic E-state index is -0.602. The molecule has 0 bridgehead atoms. The van der Waals surface area contributed by atoms with Gasteiger partial charge in [-0.1, -0.05) is 23.7 Å². The van der Waals surface area contributed by atoms with Gasteiger partial charge in [0.25, 0.3) is 5.91 Å². The Balaban J connectivity index is 1.40. The number of benzene rings is 1. The molecule has 0 unspecified atom stereocenters. The molecule has 1 aliphatic rings. The van der Waals surface area contributed by atoms with E-state index in [0.29, 0.717) is 31.2 Å². The number of esters is 1. The number of halogens is 1. The first-order valence-corrected chi connectivity index (χ1v) is 11.2. The van der Waals surface area contributed by atoms with E-state index in [4.69, 9.17) is 16.3 Å². The zero-order chi connectivity index (χ0) is 21.3. The number of ether oxygens (including phenoxy) is 1. The molecule has 1 amide bonds. The molecule has 0 aliphatic heterocycles. The number of aromatic nitrogens is 1. The molecule has 0 saturated carbocycles. The van der Waals surface area contributed by atoms with Gasteiger partial charge in [-0.05, 0) is 43.9 Å². The third kappa shape index (κ3) is 4.10. The molecule has 9 heteroatoms. The first-order valence-electron chi connectivity index (χ1n) is 9.21. The molecule has 3 aromatic rings. The van der Waals surface area contributed by atoms with Gasteiger partial charge in [0.05, 0.1) is 11.3 Å². The Kier molecular flexibility index (Phi) is 5.86. The average molecular weight is 458 g/mol. The standard InChI is InChI=1S/C21H16ClN3O3S2/c1-11-18(30-19(24-11)12-5-7-13(22)8-6-12)21(27)28-10-17(26)25-20-15(9-23)14-3-2-4-16(14)29-20/h5-8H,2-4,10H2,1H3,(H,25,26). The van der Waals surface area contributed by atoms with Crippen LogP contribution in [-0.2, 0) is 22.4 Å². The Morgan fingerprint density at radius 1 is 1.27 bits per heavy atom. The lowest BCUT2D eigenvalue weighted by atomic mass is 10.1. The molecule has 1 aromatic carbocycles. The Morgan fingerprint density at radius 2 is 2.03 bits per heavy atom. The maximum Gasteiger partial charge on any atom is 0.350 e. The van der Waals surface area contributed by atoms with Crippen molar-refractivity contribution in [2.75, 3.05) is 11.9 Å². The summed E-state index contributed by atoms with van der Waals surface area (Å²) in [6, 6.07) is 9.34. The van der Waals surface area contributed by atoms with Gasteiger partial charge < -0.3 is 10.1 Å². The highest BCUT2D eigenvalue weighted by Gasteiger charge is 2.24. The fourth-order valence-electron chi connectivity index (χ4n) is 3.27. The fourth-order valence-corrected chi connectivity index (χ4v) is 5.62. The van der Waals surface area contributed by atoms with Gasteiger partial charge in [0.1, 0.15) is 21.0 Å². The highest BCUT2D eigenvalue weighted by atomic mass is 35.5.